The molecule has 0 spiro atoms. The first kappa shape index (κ1) is 12.8. The predicted molar refractivity (Wildman–Crippen MR) is 72.6 cm³/mol. The minimum atomic E-state index is -0.659. The summed E-state index contributed by atoms with van der Waals surface area (Å²) in [6.45, 7) is 3.46. The Labute approximate surface area is 110 Å². The molecule has 0 aliphatic rings. The third kappa shape index (κ3) is 2.63. The number of benzene rings is 2. The van der Waals surface area contributed by atoms with Gasteiger partial charge in [0.2, 0.25) is 0 Å². The molecule has 2 aromatic carbocycles. The monoisotopic (exact) mass is 255 g/mol. The maximum atomic E-state index is 12.1. The van der Waals surface area contributed by atoms with Crippen LogP contribution in [0, 0.1) is 0 Å². The molecule has 2 aromatic rings. The molecule has 0 atom stereocenters. The molecule has 0 bridgehead atoms. The number of rotatable bonds is 3. The number of hydrogen-bond acceptors (Lipinski definition) is 3. The third-order valence-electron chi connectivity index (χ3n) is 2.73. The summed E-state index contributed by atoms with van der Waals surface area (Å²) in [6.07, 6.45) is 0. The van der Waals surface area contributed by atoms with E-state index >= 15 is 0 Å². The zero-order chi connectivity index (χ0) is 13.8. The highest BCUT2D eigenvalue weighted by Gasteiger charge is 2.14. The first-order valence-corrected chi connectivity index (χ1v) is 5.70. The van der Waals surface area contributed by atoms with Crippen LogP contribution in [0.3, 0.4) is 0 Å². The van der Waals surface area contributed by atoms with E-state index in [0.29, 0.717) is 5.56 Å². The van der Waals surface area contributed by atoms with Crippen molar-refractivity contribution in [2.24, 2.45) is 0 Å². The topological polar surface area (TPSA) is 55.4 Å². The maximum absolute atomic E-state index is 12.1. The quantitative estimate of drug-likeness (QED) is 0.676. The highest BCUT2D eigenvalue weighted by molar-refractivity contribution is 6.09. The van der Waals surface area contributed by atoms with Gasteiger partial charge in [0.05, 0.1) is 7.11 Å². The van der Waals surface area contributed by atoms with Crippen molar-refractivity contribution in [2.75, 3.05) is 7.11 Å². The molecular weight excluding hydrogens is 242 g/mol. The van der Waals surface area contributed by atoms with Crippen LogP contribution in [-0.4, -0.2) is 19.0 Å². The summed E-state index contributed by atoms with van der Waals surface area (Å²) >= 11 is 0. The van der Waals surface area contributed by atoms with Gasteiger partial charge in [0.15, 0.2) is 0 Å². The van der Waals surface area contributed by atoms with Gasteiger partial charge >= 0.3 is 5.97 Å². The largest absolute Gasteiger partial charge is 0.464 e. The van der Waals surface area contributed by atoms with Crippen molar-refractivity contribution in [3.63, 3.8) is 0 Å². The van der Waals surface area contributed by atoms with Crippen LogP contribution in [0.1, 0.15) is 10.4 Å². The van der Waals surface area contributed by atoms with Crippen molar-refractivity contribution in [1.82, 2.24) is 5.32 Å². The highest BCUT2D eigenvalue weighted by atomic mass is 16.5. The van der Waals surface area contributed by atoms with Gasteiger partial charge in [-0.3, -0.25) is 4.79 Å². The zero-order valence-electron chi connectivity index (χ0n) is 10.5. The van der Waals surface area contributed by atoms with Gasteiger partial charge in [0, 0.05) is 5.56 Å². The molecule has 0 fully saturated rings. The minimum Gasteiger partial charge on any atom is -0.464 e. The molecule has 2 rings (SSSR count). The van der Waals surface area contributed by atoms with Gasteiger partial charge in [0.1, 0.15) is 5.70 Å². The Morgan fingerprint density at radius 3 is 2.53 bits per heavy atom. The molecule has 0 saturated heterocycles. The lowest BCUT2D eigenvalue weighted by molar-refractivity contribution is -0.136. The lowest BCUT2D eigenvalue weighted by Gasteiger charge is -2.08. The summed E-state index contributed by atoms with van der Waals surface area (Å²) in [4.78, 5) is 23.3. The van der Waals surface area contributed by atoms with Crippen LogP contribution in [0.15, 0.2) is 54.7 Å². The lowest BCUT2D eigenvalue weighted by atomic mass is 10.0. The van der Waals surface area contributed by atoms with E-state index in [4.69, 9.17) is 0 Å². The van der Waals surface area contributed by atoms with E-state index in [1.54, 1.807) is 12.1 Å². The number of carbonyl (C=O) groups excluding carboxylic acids is 2. The number of nitrogens with one attached hydrogen (secondary N) is 1. The number of methoxy groups -OCH3 is 1. The second-order valence-electron chi connectivity index (χ2n) is 3.95. The Hall–Kier alpha value is -2.62. The fourth-order valence-electron chi connectivity index (χ4n) is 1.80. The molecule has 0 heterocycles. The van der Waals surface area contributed by atoms with Crippen molar-refractivity contribution >= 4 is 22.6 Å². The van der Waals surface area contributed by atoms with Crippen LogP contribution in [0.4, 0.5) is 0 Å². The van der Waals surface area contributed by atoms with Crippen molar-refractivity contribution < 1.29 is 14.3 Å². The van der Waals surface area contributed by atoms with Crippen LogP contribution >= 0.6 is 0 Å². The van der Waals surface area contributed by atoms with Crippen molar-refractivity contribution in [2.45, 2.75) is 0 Å². The molecule has 96 valence electrons. The molecule has 4 heteroatoms. The number of carbonyl (C=O) groups is 2. The smallest absolute Gasteiger partial charge is 0.353 e. The Kier molecular flexibility index (Phi) is 3.61. The standard InChI is InChI=1S/C15H13NO3/c1-10(15(18)19-2)16-14(17)13-9-5-7-11-6-3-4-8-12(11)13/h3-9H,1H2,2H3,(H,16,17). The second-order valence-corrected chi connectivity index (χ2v) is 3.95. The second kappa shape index (κ2) is 5.35. The summed E-state index contributed by atoms with van der Waals surface area (Å²) in [6, 6.07) is 12.9. The number of amides is 1. The van der Waals surface area contributed by atoms with Gasteiger partial charge in [-0.2, -0.15) is 0 Å². The van der Waals surface area contributed by atoms with E-state index in [0.717, 1.165) is 10.8 Å². The number of hydrogen-bond donors (Lipinski definition) is 1. The van der Waals surface area contributed by atoms with Crippen LogP contribution in [0.25, 0.3) is 10.8 Å². The van der Waals surface area contributed by atoms with Gasteiger partial charge in [-0.05, 0) is 16.8 Å². The van der Waals surface area contributed by atoms with E-state index in [-0.39, 0.29) is 11.6 Å². The molecule has 1 amide bonds. The molecule has 0 aromatic heterocycles. The Morgan fingerprint density at radius 2 is 1.79 bits per heavy atom. The predicted octanol–water partition coefficient (Wildman–Crippen LogP) is 2.26. The van der Waals surface area contributed by atoms with Gasteiger partial charge in [-0.15, -0.1) is 0 Å². The zero-order valence-corrected chi connectivity index (χ0v) is 10.5. The molecule has 0 saturated carbocycles. The molecule has 19 heavy (non-hydrogen) atoms. The number of ether oxygens (including phenoxy) is 1. The molecule has 0 aliphatic carbocycles. The Morgan fingerprint density at radius 1 is 1.11 bits per heavy atom. The highest BCUT2D eigenvalue weighted by Crippen LogP contribution is 2.18. The Bertz CT molecular complexity index is 656. The summed E-state index contributed by atoms with van der Waals surface area (Å²) in [5.74, 6) is -1.04. The summed E-state index contributed by atoms with van der Waals surface area (Å²) in [7, 11) is 1.23. The fraction of sp³-hybridized carbons (Fsp3) is 0.0667. The van der Waals surface area contributed by atoms with Gasteiger partial charge < -0.3 is 10.1 Å². The molecule has 0 radical (unpaired) electrons. The van der Waals surface area contributed by atoms with Crippen LogP contribution in [0.5, 0.6) is 0 Å². The lowest BCUT2D eigenvalue weighted by Crippen LogP contribution is -2.27. The van der Waals surface area contributed by atoms with Crippen molar-refractivity contribution in [1.29, 1.82) is 0 Å². The van der Waals surface area contributed by atoms with E-state index in [9.17, 15) is 9.59 Å². The van der Waals surface area contributed by atoms with Gasteiger partial charge in [-0.25, -0.2) is 4.79 Å². The van der Waals surface area contributed by atoms with Crippen molar-refractivity contribution in [3.05, 3.63) is 60.3 Å². The SMILES string of the molecule is C=C(NC(=O)c1cccc2ccccc12)C(=O)OC. The third-order valence-corrected chi connectivity index (χ3v) is 2.73. The molecule has 0 unspecified atom stereocenters. The van der Waals surface area contributed by atoms with Crippen LogP contribution in [0.2, 0.25) is 0 Å². The average Bonchev–Trinajstić information content (AvgIpc) is 2.45. The van der Waals surface area contributed by atoms with E-state index in [1.807, 2.05) is 30.3 Å². The van der Waals surface area contributed by atoms with E-state index in [1.165, 1.54) is 7.11 Å². The molecule has 1 N–H and O–H groups in total. The fourth-order valence-corrected chi connectivity index (χ4v) is 1.80. The van der Waals surface area contributed by atoms with E-state index < -0.39 is 5.97 Å². The van der Waals surface area contributed by atoms with Crippen LogP contribution in [-0.2, 0) is 9.53 Å². The van der Waals surface area contributed by atoms with Crippen molar-refractivity contribution in [3.8, 4) is 0 Å². The van der Waals surface area contributed by atoms with E-state index in [2.05, 4.69) is 16.6 Å². The number of esters is 1. The molecule has 0 aliphatic heterocycles. The summed E-state index contributed by atoms with van der Waals surface area (Å²) in [5, 5.41) is 4.21. The Balaban J connectivity index is 2.32. The average molecular weight is 255 g/mol. The number of fused-ring (bicyclic) bond motifs is 1. The molecular formula is C15H13NO3. The molecule has 4 nitrogen and oxygen atoms in total. The van der Waals surface area contributed by atoms with Gasteiger partial charge in [0.25, 0.3) is 5.91 Å². The maximum Gasteiger partial charge on any atom is 0.353 e. The first-order chi connectivity index (χ1) is 9.13. The first-order valence-electron chi connectivity index (χ1n) is 5.70. The minimum absolute atomic E-state index is 0.0829. The summed E-state index contributed by atoms with van der Waals surface area (Å²) in [5.41, 5.74) is 0.406. The van der Waals surface area contributed by atoms with Gasteiger partial charge in [-0.1, -0.05) is 43.0 Å². The summed E-state index contributed by atoms with van der Waals surface area (Å²) < 4.78 is 4.48. The van der Waals surface area contributed by atoms with Crippen LogP contribution < -0.4 is 5.32 Å². The normalized spacial score (nSPS) is 9.95.